The van der Waals surface area contributed by atoms with Crippen molar-refractivity contribution in [3.8, 4) is 0 Å². The number of aryl methyl sites for hydroxylation is 1. The Balaban J connectivity index is 1.59. The highest BCUT2D eigenvalue weighted by Gasteiger charge is 2.32. The molecule has 0 radical (unpaired) electrons. The van der Waals surface area contributed by atoms with Crippen LogP contribution in [0.2, 0.25) is 0 Å². The molecule has 2 atom stereocenters. The minimum Gasteiger partial charge on any atom is -0.481 e. The van der Waals surface area contributed by atoms with Crippen molar-refractivity contribution in [3.05, 3.63) is 18.7 Å². The summed E-state index contributed by atoms with van der Waals surface area (Å²) < 4.78 is 2.05. The van der Waals surface area contributed by atoms with Gasteiger partial charge in [0.1, 0.15) is 0 Å². The second kappa shape index (κ2) is 6.54. The Labute approximate surface area is 107 Å². The predicted octanol–water partition coefficient (Wildman–Crippen LogP) is 1.36. The smallest absolute Gasteiger partial charge is 0.306 e. The van der Waals surface area contributed by atoms with Crippen molar-refractivity contribution in [2.24, 2.45) is 11.8 Å². The van der Waals surface area contributed by atoms with Gasteiger partial charge < -0.3 is 15.0 Å². The predicted molar refractivity (Wildman–Crippen MR) is 68.2 cm³/mol. The maximum Gasteiger partial charge on any atom is 0.306 e. The maximum atomic E-state index is 11.0. The Bertz CT molecular complexity index is 364. The molecule has 18 heavy (non-hydrogen) atoms. The topological polar surface area (TPSA) is 67.2 Å². The number of nitrogens with zero attached hydrogens (tertiary/aromatic N) is 2. The van der Waals surface area contributed by atoms with Crippen LogP contribution in [0.3, 0.4) is 0 Å². The molecule has 0 bridgehead atoms. The van der Waals surface area contributed by atoms with Crippen molar-refractivity contribution in [1.82, 2.24) is 14.9 Å². The molecule has 2 N–H and O–H groups in total. The molecule has 1 fully saturated rings. The van der Waals surface area contributed by atoms with Crippen molar-refractivity contribution in [1.29, 1.82) is 0 Å². The number of hydrogen-bond donors (Lipinski definition) is 2. The van der Waals surface area contributed by atoms with Gasteiger partial charge in [0.05, 0.1) is 12.2 Å². The highest BCUT2D eigenvalue weighted by atomic mass is 16.4. The number of aliphatic carboxylic acids is 1. The molecule has 2 unspecified atom stereocenters. The molecular formula is C13H21N3O2. The quantitative estimate of drug-likeness (QED) is 0.718. The van der Waals surface area contributed by atoms with E-state index < -0.39 is 5.97 Å². The van der Waals surface area contributed by atoms with Crippen molar-refractivity contribution in [2.75, 3.05) is 13.1 Å². The number of imidazole rings is 1. The molecule has 1 aliphatic carbocycles. The lowest BCUT2D eigenvalue weighted by Gasteiger charge is -2.16. The van der Waals surface area contributed by atoms with E-state index in [1.165, 1.54) is 0 Å². The Morgan fingerprint density at radius 2 is 2.39 bits per heavy atom. The molecule has 1 saturated carbocycles. The van der Waals surface area contributed by atoms with E-state index in [1.807, 2.05) is 12.5 Å². The number of nitrogens with one attached hydrogen (secondary N) is 1. The zero-order valence-corrected chi connectivity index (χ0v) is 10.6. The average Bonchev–Trinajstić information content (AvgIpc) is 2.98. The van der Waals surface area contributed by atoms with E-state index in [1.54, 1.807) is 6.20 Å². The highest BCUT2D eigenvalue weighted by Crippen LogP contribution is 2.31. The van der Waals surface area contributed by atoms with E-state index in [-0.39, 0.29) is 5.92 Å². The third-order valence-electron chi connectivity index (χ3n) is 3.71. The van der Waals surface area contributed by atoms with Gasteiger partial charge in [0.2, 0.25) is 0 Å². The van der Waals surface area contributed by atoms with E-state index in [0.717, 1.165) is 45.3 Å². The number of rotatable bonds is 7. The minimum absolute atomic E-state index is 0.133. The first-order valence-corrected chi connectivity index (χ1v) is 6.66. The number of carboxylic acids is 1. The summed E-state index contributed by atoms with van der Waals surface area (Å²) >= 11 is 0. The lowest BCUT2D eigenvalue weighted by Crippen LogP contribution is -2.29. The molecule has 0 aliphatic heterocycles. The van der Waals surface area contributed by atoms with Gasteiger partial charge >= 0.3 is 5.97 Å². The molecular weight excluding hydrogens is 230 g/mol. The summed E-state index contributed by atoms with van der Waals surface area (Å²) in [4.78, 5) is 15.0. The van der Waals surface area contributed by atoms with E-state index in [4.69, 9.17) is 5.11 Å². The molecule has 0 amide bonds. The van der Waals surface area contributed by atoms with Gasteiger partial charge in [-0.1, -0.05) is 6.42 Å². The summed E-state index contributed by atoms with van der Waals surface area (Å²) in [6.07, 6.45) is 9.54. The van der Waals surface area contributed by atoms with Crippen LogP contribution in [0, 0.1) is 11.8 Å². The fourth-order valence-corrected chi connectivity index (χ4v) is 2.70. The summed E-state index contributed by atoms with van der Waals surface area (Å²) in [5.41, 5.74) is 0. The van der Waals surface area contributed by atoms with Crippen LogP contribution >= 0.6 is 0 Å². The molecule has 0 aromatic carbocycles. The molecule has 5 nitrogen and oxygen atoms in total. The monoisotopic (exact) mass is 251 g/mol. The number of hydrogen-bond acceptors (Lipinski definition) is 3. The van der Waals surface area contributed by atoms with E-state index >= 15 is 0 Å². The molecule has 1 aromatic heterocycles. The lowest BCUT2D eigenvalue weighted by molar-refractivity contribution is -0.142. The first-order valence-electron chi connectivity index (χ1n) is 6.66. The zero-order valence-electron chi connectivity index (χ0n) is 10.6. The second-order valence-electron chi connectivity index (χ2n) is 4.99. The van der Waals surface area contributed by atoms with Gasteiger partial charge in [0.15, 0.2) is 0 Å². The van der Waals surface area contributed by atoms with Crippen LogP contribution in [0.5, 0.6) is 0 Å². The van der Waals surface area contributed by atoms with Gasteiger partial charge in [0, 0.05) is 18.9 Å². The van der Waals surface area contributed by atoms with E-state index in [9.17, 15) is 4.79 Å². The standard InChI is InChI=1S/C13H21N3O2/c17-13(18)12-4-1-3-11(12)9-14-5-2-7-16-8-6-15-10-16/h6,8,10-12,14H,1-5,7,9H2,(H,17,18). The van der Waals surface area contributed by atoms with Gasteiger partial charge in [-0.3, -0.25) is 4.79 Å². The summed E-state index contributed by atoms with van der Waals surface area (Å²) in [5, 5.41) is 12.5. The van der Waals surface area contributed by atoms with E-state index in [0.29, 0.717) is 5.92 Å². The summed E-state index contributed by atoms with van der Waals surface area (Å²) in [6.45, 7) is 2.72. The van der Waals surface area contributed by atoms with E-state index in [2.05, 4.69) is 14.9 Å². The van der Waals surface area contributed by atoms with Gasteiger partial charge in [0.25, 0.3) is 0 Å². The van der Waals surface area contributed by atoms with Crippen molar-refractivity contribution in [3.63, 3.8) is 0 Å². The van der Waals surface area contributed by atoms with Crippen molar-refractivity contribution in [2.45, 2.75) is 32.2 Å². The average molecular weight is 251 g/mol. The largest absolute Gasteiger partial charge is 0.481 e. The van der Waals surface area contributed by atoms with Gasteiger partial charge in [-0.2, -0.15) is 0 Å². The Morgan fingerprint density at radius 1 is 1.50 bits per heavy atom. The fraction of sp³-hybridized carbons (Fsp3) is 0.692. The third-order valence-corrected chi connectivity index (χ3v) is 3.71. The molecule has 2 rings (SSSR count). The molecule has 0 saturated heterocycles. The van der Waals surface area contributed by atoms with Gasteiger partial charge in [-0.25, -0.2) is 4.98 Å². The molecule has 1 aliphatic rings. The Morgan fingerprint density at radius 3 is 3.11 bits per heavy atom. The van der Waals surface area contributed by atoms with Crippen LogP contribution in [0.15, 0.2) is 18.7 Å². The van der Waals surface area contributed by atoms with Crippen molar-refractivity contribution >= 4 is 5.97 Å². The Hall–Kier alpha value is -1.36. The summed E-state index contributed by atoms with van der Waals surface area (Å²) in [7, 11) is 0. The molecule has 100 valence electrons. The van der Waals surface area contributed by atoms with Crippen molar-refractivity contribution < 1.29 is 9.90 Å². The molecule has 0 spiro atoms. The molecule has 1 heterocycles. The van der Waals surface area contributed by atoms with Gasteiger partial charge in [-0.05, 0) is 38.3 Å². The SMILES string of the molecule is O=C(O)C1CCCC1CNCCCn1ccnc1. The fourth-order valence-electron chi connectivity index (χ4n) is 2.70. The zero-order chi connectivity index (χ0) is 12.8. The number of carboxylic acid groups (broad SMARTS) is 1. The Kier molecular flexibility index (Phi) is 4.75. The first kappa shape index (κ1) is 13.1. The number of carbonyl (C=O) groups is 1. The van der Waals surface area contributed by atoms with Crippen LogP contribution in [0.1, 0.15) is 25.7 Å². The van der Waals surface area contributed by atoms with Crippen LogP contribution in [-0.4, -0.2) is 33.7 Å². The normalized spacial score (nSPS) is 23.3. The first-order chi connectivity index (χ1) is 8.77. The third kappa shape index (κ3) is 3.57. The van der Waals surface area contributed by atoms with Crippen LogP contribution in [-0.2, 0) is 11.3 Å². The summed E-state index contributed by atoms with van der Waals surface area (Å²) in [6, 6.07) is 0. The van der Waals surface area contributed by atoms with Gasteiger partial charge in [-0.15, -0.1) is 0 Å². The molecule has 1 aromatic rings. The molecule has 5 heteroatoms. The lowest BCUT2D eigenvalue weighted by atomic mass is 9.96. The maximum absolute atomic E-state index is 11.0. The minimum atomic E-state index is -0.627. The summed E-state index contributed by atoms with van der Waals surface area (Å²) in [5.74, 6) is -0.445. The number of aromatic nitrogens is 2. The van der Waals surface area contributed by atoms with Crippen LogP contribution in [0.25, 0.3) is 0 Å². The highest BCUT2D eigenvalue weighted by molar-refractivity contribution is 5.70. The second-order valence-corrected chi connectivity index (χ2v) is 4.99. The van der Waals surface area contributed by atoms with Crippen LogP contribution < -0.4 is 5.32 Å². The van der Waals surface area contributed by atoms with Crippen LogP contribution in [0.4, 0.5) is 0 Å².